The molecule has 0 aliphatic heterocycles. The van der Waals surface area contributed by atoms with Crippen LogP contribution in [0.1, 0.15) is 23.2 Å². The molecule has 0 fully saturated rings. The summed E-state index contributed by atoms with van der Waals surface area (Å²) in [5.41, 5.74) is 0.421. The topological polar surface area (TPSA) is 107 Å². The molecule has 0 amide bonds. The van der Waals surface area contributed by atoms with Crippen LogP contribution >= 0.6 is 67.8 Å². The van der Waals surface area contributed by atoms with Gasteiger partial charge in [0, 0.05) is 10.7 Å². The van der Waals surface area contributed by atoms with Crippen LogP contribution in [0.15, 0.2) is 24.3 Å². The Hall–Kier alpha value is -0.140. The number of halogens is 5. The van der Waals surface area contributed by atoms with E-state index in [1.807, 2.05) is 6.07 Å². The van der Waals surface area contributed by atoms with Gasteiger partial charge in [-0.05, 0) is 98.8 Å². The molecule has 29 heavy (non-hydrogen) atoms. The summed E-state index contributed by atoms with van der Waals surface area (Å²) in [7, 11) is -5.67. The summed E-state index contributed by atoms with van der Waals surface area (Å²) < 4.78 is 68.0. The summed E-state index contributed by atoms with van der Waals surface area (Å²) in [5.74, 6) is -2.47. The molecular formula is C16H13F2I3O7S. The van der Waals surface area contributed by atoms with Gasteiger partial charge in [0.2, 0.25) is 0 Å². The van der Waals surface area contributed by atoms with Crippen molar-refractivity contribution in [2.45, 2.75) is 24.2 Å². The van der Waals surface area contributed by atoms with Gasteiger partial charge < -0.3 is 9.47 Å². The Morgan fingerprint density at radius 2 is 1.83 bits per heavy atom. The minimum absolute atomic E-state index is 0.158. The van der Waals surface area contributed by atoms with Crippen molar-refractivity contribution in [3.05, 3.63) is 40.6 Å². The molecule has 7 nitrogen and oxygen atoms in total. The lowest BCUT2D eigenvalue weighted by Crippen LogP contribution is -2.36. The maximum absolute atomic E-state index is 13.1. The van der Waals surface area contributed by atoms with Crippen LogP contribution < -0.4 is 0 Å². The highest BCUT2D eigenvalue weighted by Crippen LogP contribution is 2.27. The van der Waals surface area contributed by atoms with Gasteiger partial charge in [0.1, 0.15) is 6.10 Å². The van der Waals surface area contributed by atoms with Gasteiger partial charge in [-0.15, -0.1) is 0 Å². The van der Waals surface area contributed by atoms with E-state index in [2.05, 4.69) is 72.5 Å². The zero-order valence-corrected chi connectivity index (χ0v) is 21.6. The number of rotatable bonds is 6. The van der Waals surface area contributed by atoms with E-state index in [4.69, 9.17) is 9.29 Å². The molecule has 2 atom stereocenters. The quantitative estimate of drug-likeness (QED) is 0.153. The molecule has 13 heteroatoms. The highest BCUT2D eigenvalue weighted by atomic mass is 127. The Labute approximate surface area is 206 Å². The third kappa shape index (κ3) is 6.67. The number of esters is 2. The second kappa shape index (κ2) is 9.99. The van der Waals surface area contributed by atoms with Gasteiger partial charge in [-0.25, -0.2) is 4.79 Å². The van der Waals surface area contributed by atoms with Crippen molar-refractivity contribution in [3.8, 4) is 0 Å². The summed E-state index contributed by atoms with van der Waals surface area (Å²) >= 11 is 6.26. The second-order valence-electron chi connectivity index (χ2n) is 5.98. The van der Waals surface area contributed by atoms with Crippen molar-refractivity contribution < 1.29 is 40.8 Å². The van der Waals surface area contributed by atoms with Gasteiger partial charge in [0.25, 0.3) is 0 Å². The lowest BCUT2D eigenvalue weighted by Gasteiger charge is -2.23. The molecule has 0 radical (unpaired) electrons. The third-order valence-electron chi connectivity index (χ3n) is 3.85. The Bertz CT molecular complexity index is 950. The van der Waals surface area contributed by atoms with Gasteiger partial charge >= 0.3 is 27.3 Å². The molecular weight excluding hydrogens is 755 g/mol. The van der Waals surface area contributed by atoms with Crippen molar-refractivity contribution >= 4 is 89.8 Å². The molecule has 2 rings (SSSR count). The number of hydrogen-bond donors (Lipinski definition) is 1. The number of ether oxygens (including phenoxy) is 2. The largest absolute Gasteiger partial charge is 0.457 e. The van der Waals surface area contributed by atoms with Gasteiger partial charge in [-0.2, -0.15) is 17.2 Å². The first-order valence-electron chi connectivity index (χ1n) is 7.87. The summed E-state index contributed by atoms with van der Waals surface area (Å²) in [4.78, 5) is 24.3. The van der Waals surface area contributed by atoms with Crippen LogP contribution in [-0.4, -0.2) is 42.9 Å². The fourth-order valence-electron chi connectivity index (χ4n) is 2.33. The number of hydrogen-bond acceptors (Lipinski definition) is 6. The summed E-state index contributed by atoms with van der Waals surface area (Å²) in [6.45, 7) is -1.78. The van der Waals surface area contributed by atoms with Gasteiger partial charge in [0.15, 0.2) is 6.61 Å². The van der Waals surface area contributed by atoms with Crippen LogP contribution in [0, 0.1) is 16.6 Å². The average molecular weight is 768 g/mol. The molecule has 1 aliphatic carbocycles. The molecule has 0 spiro atoms. The van der Waals surface area contributed by atoms with Gasteiger partial charge in [-0.3, -0.25) is 9.35 Å². The van der Waals surface area contributed by atoms with Crippen LogP contribution in [0.4, 0.5) is 8.78 Å². The fraction of sp³-hybridized carbons (Fsp3) is 0.375. The van der Waals surface area contributed by atoms with Crippen LogP contribution in [0.3, 0.4) is 0 Å². The van der Waals surface area contributed by atoms with Crippen LogP contribution in [0.25, 0.3) is 0 Å². The van der Waals surface area contributed by atoms with Crippen molar-refractivity contribution in [1.82, 2.24) is 0 Å². The van der Waals surface area contributed by atoms with Gasteiger partial charge in [0.05, 0.1) is 11.5 Å². The molecule has 160 valence electrons. The van der Waals surface area contributed by atoms with E-state index in [0.717, 1.165) is 10.7 Å². The fourth-order valence-corrected chi connectivity index (χ4v) is 4.92. The lowest BCUT2D eigenvalue weighted by molar-refractivity contribution is -0.153. The maximum Gasteiger partial charge on any atom is 0.402 e. The second-order valence-corrected chi connectivity index (χ2v) is 11.0. The molecule has 1 aromatic carbocycles. The van der Waals surface area contributed by atoms with E-state index in [9.17, 15) is 26.8 Å². The molecule has 0 saturated carbocycles. The molecule has 2 unspecified atom stereocenters. The monoisotopic (exact) mass is 768 g/mol. The highest BCUT2D eigenvalue weighted by Gasteiger charge is 2.46. The smallest absolute Gasteiger partial charge is 0.402 e. The predicted molar refractivity (Wildman–Crippen MR) is 123 cm³/mol. The molecule has 1 aromatic rings. The highest BCUT2D eigenvalue weighted by molar-refractivity contribution is 14.1. The van der Waals surface area contributed by atoms with Crippen LogP contribution in [-0.2, 0) is 24.4 Å². The SMILES string of the molecule is O=C(OC1C=CC(C(=O)OCC(F)(F)S(=O)(=O)O)CC1)c1cc(I)cc(I)c1I. The first-order chi connectivity index (χ1) is 13.3. The Balaban J connectivity index is 1.96. The van der Waals surface area contributed by atoms with E-state index in [-0.39, 0.29) is 12.8 Å². The van der Waals surface area contributed by atoms with Crippen LogP contribution in [0.5, 0.6) is 0 Å². The minimum Gasteiger partial charge on any atom is -0.457 e. The third-order valence-corrected chi connectivity index (χ3v) is 8.39. The number of carbonyl (C=O) groups is 2. The van der Waals surface area contributed by atoms with Crippen molar-refractivity contribution in [2.24, 2.45) is 5.92 Å². The molecule has 0 bridgehead atoms. The van der Waals surface area contributed by atoms with E-state index >= 15 is 0 Å². The Morgan fingerprint density at radius 3 is 2.38 bits per heavy atom. The molecule has 1 aliphatic rings. The number of benzene rings is 1. The Morgan fingerprint density at radius 1 is 1.17 bits per heavy atom. The summed E-state index contributed by atoms with van der Waals surface area (Å²) in [6.07, 6.45) is 2.64. The van der Waals surface area contributed by atoms with Crippen molar-refractivity contribution in [3.63, 3.8) is 0 Å². The normalized spacial score (nSPS) is 19.7. The van der Waals surface area contributed by atoms with E-state index in [1.165, 1.54) is 12.2 Å². The minimum atomic E-state index is -5.67. The lowest BCUT2D eigenvalue weighted by atomic mass is 9.94. The summed E-state index contributed by atoms with van der Waals surface area (Å²) in [5, 5.41) is -4.58. The number of carbonyl (C=O) groups excluding carboxylic acids is 2. The number of alkyl halides is 2. The van der Waals surface area contributed by atoms with E-state index < -0.39 is 45.9 Å². The molecule has 1 N–H and O–H groups in total. The predicted octanol–water partition coefficient (Wildman–Crippen LogP) is 4.02. The van der Waals surface area contributed by atoms with Gasteiger partial charge in [-0.1, -0.05) is 6.08 Å². The van der Waals surface area contributed by atoms with Crippen LogP contribution in [0.2, 0.25) is 0 Å². The zero-order valence-electron chi connectivity index (χ0n) is 14.3. The summed E-state index contributed by atoms with van der Waals surface area (Å²) in [6, 6.07) is 3.62. The van der Waals surface area contributed by atoms with Crippen molar-refractivity contribution in [1.29, 1.82) is 0 Å². The molecule has 0 saturated heterocycles. The van der Waals surface area contributed by atoms with E-state index in [0.29, 0.717) is 5.56 Å². The van der Waals surface area contributed by atoms with Crippen molar-refractivity contribution in [2.75, 3.05) is 6.61 Å². The Kier molecular flexibility index (Phi) is 8.65. The maximum atomic E-state index is 13.1. The van der Waals surface area contributed by atoms with E-state index in [1.54, 1.807) is 6.07 Å². The zero-order chi connectivity index (χ0) is 22.0. The molecule has 0 heterocycles. The first kappa shape index (κ1) is 25.1. The first-order valence-corrected chi connectivity index (χ1v) is 12.5. The standard InChI is InChI=1S/C16H13F2I3O7S/c17-16(18,29(24,25)26)7-27-14(22)8-1-3-10(4-2-8)28-15(23)11-5-9(19)6-12(20)13(11)21/h1,3,5-6,8,10H,2,4,7H2,(H,24,25,26). The molecule has 0 aromatic heterocycles. The average Bonchev–Trinajstić information content (AvgIpc) is 2.62.